The Morgan fingerprint density at radius 2 is 1.88 bits per heavy atom. The second kappa shape index (κ2) is 7.43. The first kappa shape index (κ1) is 17.1. The number of nitrogens with one attached hydrogen (secondary N) is 1. The van der Waals surface area contributed by atoms with Gasteiger partial charge in [-0.3, -0.25) is 10.1 Å². The molecule has 0 radical (unpaired) electrons. The van der Waals surface area contributed by atoms with E-state index in [9.17, 15) is 10.1 Å². The van der Waals surface area contributed by atoms with Crippen molar-refractivity contribution >= 4 is 17.3 Å². The van der Waals surface area contributed by atoms with Crippen LogP contribution in [0.25, 0.3) is 0 Å². The number of hydrogen-bond donors (Lipinski definition) is 1. The Morgan fingerprint density at radius 3 is 2.58 bits per heavy atom. The molecule has 132 valence electrons. The lowest BCUT2D eigenvalue weighted by Crippen LogP contribution is -2.04. The molecule has 9 nitrogen and oxygen atoms in total. The lowest BCUT2D eigenvalue weighted by atomic mass is 10.3. The summed E-state index contributed by atoms with van der Waals surface area (Å²) in [4.78, 5) is 23.0. The molecule has 0 aliphatic heterocycles. The van der Waals surface area contributed by atoms with Gasteiger partial charge in [0.05, 0.1) is 12.0 Å². The SMILES string of the molecule is COc1ccccc1Oc1ncnc(Nc2cc(C)ccn2)c1[N+](=O)[O-]. The highest BCUT2D eigenvalue weighted by Gasteiger charge is 2.26. The molecule has 0 saturated carbocycles. The van der Waals surface area contributed by atoms with E-state index >= 15 is 0 Å². The minimum atomic E-state index is -0.608. The Bertz CT molecular complexity index is 948. The fourth-order valence-electron chi connectivity index (χ4n) is 2.23. The van der Waals surface area contributed by atoms with Gasteiger partial charge in [0.25, 0.3) is 0 Å². The molecule has 9 heteroatoms. The third kappa shape index (κ3) is 3.66. The Labute approximate surface area is 148 Å². The molecule has 26 heavy (non-hydrogen) atoms. The number of methoxy groups -OCH3 is 1. The highest BCUT2D eigenvalue weighted by molar-refractivity contribution is 5.67. The zero-order chi connectivity index (χ0) is 18.5. The first-order chi connectivity index (χ1) is 12.6. The zero-order valence-electron chi connectivity index (χ0n) is 14.0. The summed E-state index contributed by atoms with van der Waals surface area (Å²) < 4.78 is 10.8. The summed E-state index contributed by atoms with van der Waals surface area (Å²) in [6.07, 6.45) is 2.77. The first-order valence-electron chi connectivity index (χ1n) is 7.58. The van der Waals surface area contributed by atoms with Gasteiger partial charge in [-0.2, -0.15) is 4.98 Å². The van der Waals surface area contributed by atoms with Crippen LogP contribution in [0.4, 0.5) is 17.3 Å². The van der Waals surface area contributed by atoms with Crippen LogP contribution in [0.15, 0.2) is 48.9 Å². The highest BCUT2D eigenvalue weighted by Crippen LogP contribution is 2.38. The number of aryl methyl sites for hydroxylation is 1. The molecule has 1 N–H and O–H groups in total. The van der Waals surface area contributed by atoms with E-state index in [0.29, 0.717) is 17.3 Å². The van der Waals surface area contributed by atoms with Gasteiger partial charge in [-0.1, -0.05) is 12.1 Å². The number of benzene rings is 1. The summed E-state index contributed by atoms with van der Waals surface area (Å²) >= 11 is 0. The van der Waals surface area contributed by atoms with Crippen LogP contribution in [0.2, 0.25) is 0 Å². The number of nitrogens with zero attached hydrogens (tertiary/aromatic N) is 4. The standard InChI is InChI=1S/C17H15N5O4/c1-11-7-8-18-14(9-11)21-16-15(22(23)24)17(20-10-19-16)26-13-6-4-3-5-12(13)25-2/h3-10H,1-2H3,(H,18,19,20,21). The topological polar surface area (TPSA) is 112 Å². The average molecular weight is 353 g/mol. The molecule has 0 bridgehead atoms. The van der Waals surface area contributed by atoms with Crippen molar-refractivity contribution in [3.05, 3.63) is 64.6 Å². The molecular weight excluding hydrogens is 338 g/mol. The number of para-hydroxylation sites is 2. The van der Waals surface area contributed by atoms with Gasteiger partial charge in [0.1, 0.15) is 12.1 Å². The predicted octanol–water partition coefficient (Wildman–Crippen LogP) is 3.63. The normalized spacial score (nSPS) is 10.2. The van der Waals surface area contributed by atoms with Crippen LogP contribution in [0.1, 0.15) is 5.56 Å². The van der Waals surface area contributed by atoms with Crippen molar-refractivity contribution in [2.75, 3.05) is 12.4 Å². The predicted molar refractivity (Wildman–Crippen MR) is 94.0 cm³/mol. The number of nitro groups is 1. The van der Waals surface area contributed by atoms with Gasteiger partial charge in [-0.25, -0.2) is 9.97 Å². The summed E-state index contributed by atoms with van der Waals surface area (Å²) in [6, 6.07) is 10.3. The van der Waals surface area contributed by atoms with Crippen molar-refractivity contribution in [2.24, 2.45) is 0 Å². The molecule has 0 atom stereocenters. The van der Waals surface area contributed by atoms with Gasteiger partial charge in [-0.15, -0.1) is 0 Å². The van der Waals surface area contributed by atoms with E-state index in [-0.39, 0.29) is 11.7 Å². The number of hydrogen-bond acceptors (Lipinski definition) is 8. The molecule has 0 amide bonds. The quantitative estimate of drug-likeness (QED) is 0.528. The second-order valence-corrected chi connectivity index (χ2v) is 5.23. The van der Waals surface area contributed by atoms with Crippen molar-refractivity contribution in [2.45, 2.75) is 6.92 Å². The maximum atomic E-state index is 11.6. The van der Waals surface area contributed by atoms with E-state index in [1.54, 1.807) is 36.5 Å². The molecule has 0 aliphatic carbocycles. The Hall–Kier alpha value is -3.75. The Balaban J connectivity index is 2.00. The van der Waals surface area contributed by atoms with Gasteiger partial charge in [0.2, 0.25) is 5.82 Å². The van der Waals surface area contributed by atoms with Crippen LogP contribution < -0.4 is 14.8 Å². The third-order valence-electron chi connectivity index (χ3n) is 3.41. The maximum Gasteiger partial charge on any atom is 0.373 e. The molecule has 0 aliphatic rings. The van der Waals surface area contributed by atoms with Crippen LogP contribution >= 0.6 is 0 Å². The van der Waals surface area contributed by atoms with Crippen molar-refractivity contribution < 1.29 is 14.4 Å². The van der Waals surface area contributed by atoms with Crippen molar-refractivity contribution in [1.82, 2.24) is 15.0 Å². The lowest BCUT2D eigenvalue weighted by molar-refractivity contribution is -0.385. The molecule has 3 aromatic rings. The number of pyridine rings is 1. The lowest BCUT2D eigenvalue weighted by Gasteiger charge is -2.11. The van der Waals surface area contributed by atoms with E-state index in [0.717, 1.165) is 5.56 Å². The number of rotatable bonds is 6. The third-order valence-corrected chi connectivity index (χ3v) is 3.41. The fraction of sp³-hybridized carbons (Fsp3) is 0.118. The van der Waals surface area contributed by atoms with Crippen LogP contribution in [-0.2, 0) is 0 Å². The van der Waals surface area contributed by atoms with Crippen molar-refractivity contribution in [1.29, 1.82) is 0 Å². The van der Waals surface area contributed by atoms with E-state index in [1.165, 1.54) is 13.4 Å². The van der Waals surface area contributed by atoms with Gasteiger partial charge in [0, 0.05) is 6.20 Å². The summed E-state index contributed by atoms with van der Waals surface area (Å²) in [6.45, 7) is 1.89. The number of ether oxygens (including phenoxy) is 2. The van der Waals surface area contributed by atoms with E-state index in [4.69, 9.17) is 9.47 Å². The van der Waals surface area contributed by atoms with Gasteiger partial charge >= 0.3 is 11.6 Å². The monoisotopic (exact) mass is 353 g/mol. The minimum Gasteiger partial charge on any atom is -0.493 e. The van der Waals surface area contributed by atoms with Crippen LogP contribution in [0.3, 0.4) is 0 Å². The van der Waals surface area contributed by atoms with E-state index in [2.05, 4.69) is 20.3 Å². The summed E-state index contributed by atoms with van der Waals surface area (Å²) in [5.74, 6) is 0.930. The molecule has 2 heterocycles. The first-order valence-corrected chi connectivity index (χ1v) is 7.58. The van der Waals surface area contributed by atoms with Crippen LogP contribution in [0, 0.1) is 17.0 Å². The summed E-state index contributed by atoms with van der Waals surface area (Å²) in [7, 11) is 1.48. The second-order valence-electron chi connectivity index (χ2n) is 5.23. The maximum absolute atomic E-state index is 11.6. The Morgan fingerprint density at radius 1 is 1.12 bits per heavy atom. The molecule has 0 unspecified atom stereocenters. The highest BCUT2D eigenvalue weighted by atomic mass is 16.6. The molecule has 3 rings (SSSR count). The van der Waals surface area contributed by atoms with E-state index < -0.39 is 10.6 Å². The molecule has 2 aromatic heterocycles. The summed E-state index contributed by atoms with van der Waals surface area (Å²) in [5, 5.41) is 14.4. The Kier molecular flexibility index (Phi) is 4.88. The van der Waals surface area contributed by atoms with Gasteiger partial charge < -0.3 is 14.8 Å². The smallest absolute Gasteiger partial charge is 0.373 e. The average Bonchev–Trinajstić information content (AvgIpc) is 2.62. The number of anilines is 2. The summed E-state index contributed by atoms with van der Waals surface area (Å²) in [5.41, 5.74) is 0.548. The van der Waals surface area contributed by atoms with Crippen molar-refractivity contribution in [3.63, 3.8) is 0 Å². The number of aromatic nitrogens is 3. The van der Waals surface area contributed by atoms with Gasteiger partial charge in [-0.05, 0) is 36.8 Å². The fourth-order valence-corrected chi connectivity index (χ4v) is 2.23. The van der Waals surface area contributed by atoms with Crippen molar-refractivity contribution in [3.8, 4) is 17.4 Å². The molecule has 0 saturated heterocycles. The molecular formula is C17H15N5O4. The van der Waals surface area contributed by atoms with Gasteiger partial charge in [0.15, 0.2) is 11.5 Å². The molecule has 0 fully saturated rings. The minimum absolute atomic E-state index is 0.0204. The zero-order valence-corrected chi connectivity index (χ0v) is 14.0. The molecule has 0 spiro atoms. The molecule has 1 aromatic carbocycles. The van der Waals surface area contributed by atoms with E-state index in [1.807, 2.05) is 13.0 Å². The largest absolute Gasteiger partial charge is 0.493 e. The van der Waals surface area contributed by atoms with Crippen LogP contribution in [-0.4, -0.2) is 27.0 Å². The van der Waals surface area contributed by atoms with Crippen LogP contribution in [0.5, 0.6) is 17.4 Å².